The highest BCUT2D eigenvalue weighted by Crippen LogP contribution is 2.31. The molecule has 36 heavy (non-hydrogen) atoms. The maximum absolute atomic E-state index is 13.4. The van der Waals surface area contributed by atoms with E-state index in [1.165, 1.54) is 44.6 Å². The van der Waals surface area contributed by atoms with Gasteiger partial charge in [0.2, 0.25) is 18.3 Å². The molecule has 0 spiro atoms. The second-order valence-electron chi connectivity index (χ2n) is 11.4. The molecule has 7 heteroatoms. The second kappa shape index (κ2) is 11.8. The molecule has 0 bridgehead atoms. The van der Waals surface area contributed by atoms with Gasteiger partial charge in [-0.15, -0.1) is 5.54 Å². The van der Waals surface area contributed by atoms with Crippen molar-refractivity contribution in [2.45, 2.75) is 103 Å². The first-order chi connectivity index (χ1) is 16.8. The van der Waals surface area contributed by atoms with Crippen molar-refractivity contribution in [2.75, 3.05) is 0 Å². The minimum atomic E-state index is -3.61. The minimum absolute atomic E-state index is 0.299. The van der Waals surface area contributed by atoms with E-state index in [-0.39, 0.29) is 0 Å². The molecule has 0 saturated heterocycles. The van der Waals surface area contributed by atoms with E-state index in [0.29, 0.717) is 18.0 Å². The van der Waals surface area contributed by atoms with Crippen molar-refractivity contribution < 1.29 is 13.2 Å². The monoisotopic (exact) mass is 541 g/mol. The number of hydrogen-bond acceptors (Lipinski definition) is 3. The standard InChI is InChI=1S/C29H43NO3SSi2/c1-7-8-9-10-11-12-20-35(3,4)21-19-27-28-23-30(22-25(28)15-18-29(27)36(5,6)33)34(31,32)26-16-13-24(2)14-17-26/h13-18,33H,7-12,20,22-23H2,1-6H3. The summed E-state index contributed by atoms with van der Waals surface area (Å²) in [5.74, 6) is 3.51. The summed E-state index contributed by atoms with van der Waals surface area (Å²) in [4.78, 5) is 11.4. The lowest BCUT2D eigenvalue weighted by molar-refractivity contribution is 0.431. The van der Waals surface area contributed by atoms with Crippen LogP contribution in [0.15, 0.2) is 41.3 Å². The number of rotatable bonds is 10. The van der Waals surface area contributed by atoms with Gasteiger partial charge in [0.1, 0.15) is 8.07 Å². The van der Waals surface area contributed by atoms with Crippen LogP contribution in [0, 0.1) is 18.4 Å². The zero-order valence-corrected chi connectivity index (χ0v) is 25.8. The highest BCUT2D eigenvalue weighted by Gasteiger charge is 2.35. The summed E-state index contributed by atoms with van der Waals surface area (Å²) < 4.78 is 28.3. The summed E-state index contributed by atoms with van der Waals surface area (Å²) >= 11 is 0. The number of benzene rings is 2. The quantitative estimate of drug-likeness (QED) is 0.226. The highest BCUT2D eigenvalue weighted by atomic mass is 32.2. The lowest BCUT2D eigenvalue weighted by Crippen LogP contribution is -2.43. The Hall–Kier alpha value is -1.70. The van der Waals surface area contributed by atoms with E-state index in [9.17, 15) is 13.2 Å². The van der Waals surface area contributed by atoms with Crippen molar-refractivity contribution in [3.05, 3.63) is 58.7 Å². The molecule has 3 rings (SSSR count). The fourth-order valence-electron chi connectivity index (χ4n) is 4.77. The molecule has 1 heterocycles. The van der Waals surface area contributed by atoms with Crippen LogP contribution in [0.5, 0.6) is 0 Å². The average Bonchev–Trinajstić information content (AvgIpc) is 3.25. The normalized spacial score (nSPS) is 14.4. The van der Waals surface area contributed by atoms with Crippen LogP contribution >= 0.6 is 0 Å². The number of fused-ring (bicyclic) bond motifs is 1. The van der Waals surface area contributed by atoms with Gasteiger partial charge in [-0.3, -0.25) is 0 Å². The zero-order valence-electron chi connectivity index (χ0n) is 22.9. The Kier molecular flexibility index (Phi) is 9.45. The van der Waals surface area contributed by atoms with Gasteiger partial charge in [-0.1, -0.05) is 94.3 Å². The third-order valence-electron chi connectivity index (χ3n) is 7.09. The summed E-state index contributed by atoms with van der Waals surface area (Å²) in [7, 11) is -8.01. The van der Waals surface area contributed by atoms with Crippen LogP contribution in [0.25, 0.3) is 0 Å². The van der Waals surface area contributed by atoms with Crippen molar-refractivity contribution in [2.24, 2.45) is 0 Å². The van der Waals surface area contributed by atoms with E-state index >= 15 is 0 Å². The summed E-state index contributed by atoms with van der Waals surface area (Å²) in [5, 5.41) is 0.910. The lowest BCUT2D eigenvalue weighted by atomic mass is 10.0. The summed E-state index contributed by atoms with van der Waals surface area (Å²) in [6, 6.07) is 12.2. The van der Waals surface area contributed by atoms with Gasteiger partial charge in [-0.25, -0.2) is 8.42 Å². The van der Waals surface area contributed by atoms with E-state index in [2.05, 4.69) is 31.5 Å². The van der Waals surface area contributed by atoms with Crippen molar-refractivity contribution in [3.8, 4) is 11.5 Å². The Labute approximate surface area is 221 Å². The zero-order chi connectivity index (χ0) is 26.6. The molecule has 0 aliphatic carbocycles. The van der Waals surface area contributed by atoms with Gasteiger partial charge in [0.05, 0.1) is 4.90 Å². The molecule has 1 N–H and O–H groups in total. The van der Waals surface area contributed by atoms with E-state index in [4.69, 9.17) is 0 Å². The lowest BCUT2D eigenvalue weighted by Gasteiger charge is -2.20. The fraction of sp³-hybridized carbons (Fsp3) is 0.517. The number of aryl methyl sites for hydroxylation is 1. The molecule has 0 atom stereocenters. The molecule has 196 valence electrons. The molecule has 0 radical (unpaired) electrons. The number of sulfonamides is 1. The Morgan fingerprint density at radius 2 is 1.56 bits per heavy atom. The molecular weight excluding hydrogens is 499 g/mol. The predicted octanol–water partition coefficient (Wildman–Crippen LogP) is 6.06. The van der Waals surface area contributed by atoms with Gasteiger partial charge in [-0.2, -0.15) is 4.31 Å². The van der Waals surface area contributed by atoms with E-state index < -0.39 is 26.4 Å². The summed E-state index contributed by atoms with van der Waals surface area (Å²) in [6.07, 6.45) is 7.70. The molecular formula is C29H43NO3SSi2. The van der Waals surface area contributed by atoms with Crippen molar-refractivity contribution in [3.63, 3.8) is 0 Å². The molecule has 0 fully saturated rings. The van der Waals surface area contributed by atoms with E-state index in [1.54, 1.807) is 16.4 Å². The molecule has 2 aromatic rings. The first-order valence-corrected chi connectivity index (χ1v) is 20.9. The smallest absolute Gasteiger partial charge is 0.243 e. The van der Waals surface area contributed by atoms with Crippen molar-refractivity contribution in [1.82, 2.24) is 4.31 Å². The van der Waals surface area contributed by atoms with Crippen LogP contribution in [0.3, 0.4) is 0 Å². The first kappa shape index (κ1) is 28.9. The summed E-state index contributed by atoms with van der Waals surface area (Å²) in [5.41, 5.74) is 7.51. The molecule has 2 aromatic carbocycles. The van der Waals surface area contributed by atoms with Crippen molar-refractivity contribution in [1.29, 1.82) is 0 Å². The van der Waals surface area contributed by atoms with Gasteiger partial charge >= 0.3 is 0 Å². The molecule has 0 unspecified atom stereocenters. The Morgan fingerprint density at radius 3 is 2.19 bits per heavy atom. The third kappa shape index (κ3) is 7.20. The predicted molar refractivity (Wildman–Crippen MR) is 156 cm³/mol. The van der Waals surface area contributed by atoms with Crippen LogP contribution < -0.4 is 5.19 Å². The van der Waals surface area contributed by atoms with Gasteiger partial charge in [-0.05, 0) is 54.5 Å². The SMILES string of the molecule is CCCCCCCC[Si](C)(C)C#Cc1c([Si](C)(C)O)ccc2c1CN(S(=O)(=O)c1ccc(C)cc1)C2. The van der Waals surface area contributed by atoms with Crippen LogP contribution in [-0.4, -0.2) is 33.9 Å². The Balaban J connectivity index is 1.87. The molecule has 0 aromatic heterocycles. The largest absolute Gasteiger partial charge is 0.428 e. The molecule has 1 aliphatic heterocycles. The maximum Gasteiger partial charge on any atom is 0.243 e. The van der Waals surface area contributed by atoms with Crippen LogP contribution in [0.2, 0.25) is 32.2 Å². The van der Waals surface area contributed by atoms with Crippen LogP contribution in [0.1, 0.15) is 67.7 Å². The van der Waals surface area contributed by atoms with Crippen LogP contribution in [0.4, 0.5) is 0 Å². The van der Waals surface area contributed by atoms with Gasteiger partial charge in [0.15, 0.2) is 0 Å². The Bertz CT molecular complexity index is 1220. The number of nitrogens with zero attached hydrogens (tertiary/aromatic N) is 1. The fourth-order valence-corrected chi connectivity index (χ4v) is 9.19. The van der Waals surface area contributed by atoms with E-state index in [0.717, 1.165) is 27.4 Å². The average molecular weight is 542 g/mol. The third-order valence-corrected chi connectivity index (χ3v) is 13.0. The van der Waals surface area contributed by atoms with E-state index in [1.807, 2.05) is 44.3 Å². The number of unbranched alkanes of at least 4 members (excludes halogenated alkanes) is 5. The molecule has 1 aliphatic rings. The van der Waals surface area contributed by atoms with Gasteiger partial charge in [0, 0.05) is 18.7 Å². The topological polar surface area (TPSA) is 57.6 Å². The molecule has 0 amide bonds. The minimum Gasteiger partial charge on any atom is -0.428 e. The molecule has 4 nitrogen and oxygen atoms in total. The second-order valence-corrected chi connectivity index (χ2v) is 21.5. The summed E-state index contributed by atoms with van der Waals surface area (Å²) in [6.45, 7) is 13.3. The van der Waals surface area contributed by atoms with Crippen molar-refractivity contribution >= 4 is 31.6 Å². The number of hydrogen-bond donors (Lipinski definition) is 1. The Morgan fingerprint density at radius 1 is 0.917 bits per heavy atom. The first-order valence-electron chi connectivity index (χ1n) is 13.3. The highest BCUT2D eigenvalue weighted by molar-refractivity contribution is 7.89. The van der Waals surface area contributed by atoms with Gasteiger partial charge in [0.25, 0.3) is 0 Å². The molecule has 0 saturated carbocycles. The van der Waals surface area contributed by atoms with Gasteiger partial charge < -0.3 is 4.80 Å². The van der Waals surface area contributed by atoms with Crippen LogP contribution in [-0.2, 0) is 23.1 Å². The maximum atomic E-state index is 13.4.